The number of esters is 1. The van der Waals surface area contributed by atoms with Crippen LogP contribution in [-0.2, 0) is 16.1 Å². The van der Waals surface area contributed by atoms with E-state index in [1.165, 1.54) is 0 Å². The van der Waals surface area contributed by atoms with Gasteiger partial charge < -0.3 is 9.64 Å². The van der Waals surface area contributed by atoms with E-state index in [9.17, 15) is 9.59 Å². The molecule has 1 fully saturated rings. The Morgan fingerprint density at radius 1 is 1.36 bits per heavy atom. The molecule has 8 heteroatoms. The number of aromatic nitrogens is 2. The van der Waals surface area contributed by atoms with E-state index in [1.807, 2.05) is 0 Å². The van der Waals surface area contributed by atoms with E-state index in [1.54, 1.807) is 29.2 Å². The predicted molar refractivity (Wildman–Crippen MR) is 82.1 cm³/mol. The number of rotatable bonds is 4. The largest absolute Gasteiger partial charge is 0.455 e. The molecule has 0 spiro atoms. The fourth-order valence-corrected chi connectivity index (χ4v) is 2.80. The van der Waals surface area contributed by atoms with Crippen molar-refractivity contribution in [2.45, 2.75) is 19.4 Å². The minimum Gasteiger partial charge on any atom is -0.455 e. The van der Waals surface area contributed by atoms with Crippen molar-refractivity contribution in [1.82, 2.24) is 9.59 Å². The van der Waals surface area contributed by atoms with E-state index in [0.29, 0.717) is 22.0 Å². The number of carbonyl (C=O) groups excluding carboxylic acids is 2. The van der Waals surface area contributed by atoms with E-state index in [2.05, 4.69) is 9.59 Å². The number of amides is 1. The molecule has 0 bridgehead atoms. The summed E-state index contributed by atoms with van der Waals surface area (Å²) in [5.74, 6) is -0.357. The molecule has 0 aliphatic carbocycles. The Bertz CT molecular complexity index is 702. The zero-order chi connectivity index (χ0) is 15.5. The fraction of sp³-hybridized carbons (Fsp3) is 0.286. The van der Waals surface area contributed by atoms with Crippen LogP contribution in [0.25, 0.3) is 0 Å². The lowest BCUT2D eigenvalue weighted by atomic mass is 10.2. The highest BCUT2D eigenvalue weighted by Gasteiger charge is 2.21. The fourth-order valence-electron chi connectivity index (χ4n) is 2.20. The molecule has 0 N–H and O–H groups in total. The Labute approximate surface area is 135 Å². The summed E-state index contributed by atoms with van der Waals surface area (Å²) in [5, 5.41) is 3.77. The molecule has 1 saturated heterocycles. The predicted octanol–water partition coefficient (Wildman–Crippen LogP) is 2.68. The molecule has 0 atom stereocenters. The minimum absolute atomic E-state index is 0.0134. The third kappa shape index (κ3) is 3.10. The van der Waals surface area contributed by atoms with Gasteiger partial charge in [0.1, 0.15) is 16.6 Å². The summed E-state index contributed by atoms with van der Waals surface area (Å²) in [5.41, 5.74) is 1.65. The van der Waals surface area contributed by atoms with Gasteiger partial charge in [-0.3, -0.25) is 4.79 Å². The molecule has 6 nitrogen and oxygen atoms in total. The van der Waals surface area contributed by atoms with Crippen LogP contribution in [0.15, 0.2) is 24.3 Å². The number of anilines is 1. The molecule has 0 saturated carbocycles. The molecule has 1 aliphatic heterocycles. The van der Waals surface area contributed by atoms with Crippen LogP contribution >= 0.6 is 23.1 Å². The summed E-state index contributed by atoms with van der Waals surface area (Å²) in [6.07, 6.45) is 1.44. The van der Waals surface area contributed by atoms with Crippen molar-refractivity contribution in [3.8, 4) is 0 Å². The molecule has 2 heterocycles. The molecule has 3 rings (SSSR count). The summed E-state index contributed by atoms with van der Waals surface area (Å²) >= 11 is 6.88. The van der Waals surface area contributed by atoms with Crippen molar-refractivity contribution >= 4 is 40.7 Å². The van der Waals surface area contributed by atoms with Gasteiger partial charge in [-0.15, -0.1) is 5.10 Å². The van der Waals surface area contributed by atoms with Gasteiger partial charge in [-0.2, -0.15) is 0 Å². The molecule has 0 radical (unpaired) electrons. The SMILES string of the molecule is O=C(OCc1nnsc1Cl)c1ccc(N2CCCC2=O)cc1. The zero-order valence-electron chi connectivity index (χ0n) is 11.5. The highest BCUT2D eigenvalue weighted by molar-refractivity contribution is 7.10. The monoisotopic (exact) mass is 337 g/mol. The average Bonchev–Trinajstić information content (AvgIpc) is 3.13. The molecule has 2 aromatic rings. The van der Waals surface area contributed by atoms with Gasteiger partial charge >= 0.3 is 5.97 Å². The normalized spacial score (nSPS) is 14.4. The van der Waals surface area contributed by atoms with Crippen LogP contribution in [0.4, 0.5) is 5.69 Å². The Kier molecular flexibility index (Phi) is 4.35. The first-order chi connectivity index (χ1) is 10.6. The summed E-state index contributed by atoms with van der Waals surface area (Å²) in [6.45, 7) is 0.707. The van der Waals surface area contributed by atoms with Crippen molar-refractivity contribution in [1.29, 1.82) is 0 Å². The van der Waals surface area contributed by atoms with E-state index in [4.69, 9.17) is 16.3 Å². The van der Waals surface area contributed by atoms with Gasteiger partial charge in [0.15, 0.2) is 0 Å². The van der Waals surface area contributed by atoms with Crippen LogP contribution in [-0.4, -0.2) is 28.0 Å². The number of nitrogens with zero attached hydrogens (tertiary/aromatic N) is 3. The van der Waals surface area contributed by atoms with Crippen molar-refractivity contribution < 1.29 is 14.3 Å². The highest BCUT2D eigenvalue weighted by Crippen LogP contribution is 2.22. The van der Waals surface area contributed by atoms with Crippen molar-refractivity contribution in [3.05, 3.63) is 39.9 Å². The Hall–Kier alpha value is -1.99. The zero-order valence-corrected chi connectivity index (χ0v) is 13.1. The van der Waals surface area contributed by atoms with Crippen LogP contribution in [0.1, 0.15) is 28.9 Å². The number of hydrogen-bond acceptors (Lipinski definition) is 6. The number of carbonyl (C=O) groups is 2. The number of hydrogen-bond donors (Lipinski definition) is 0. The van der Waals surface area contributed by atoms with Gasteiger partial charge in [0.2, 0.25) is 5.91 Å². The average molecular weight is 338 g/mol. The van der Waals surface area contributed by atoms with Gasteiger partial charge in [0.25, 0.3) is 0 Å². The van der Waals surface area contributed by atoms with E-state index >= 15 is 0 Å². The maximum absolute atomic E-state index is 12.0. The molecule has 1 amide bonds. The van der Waals surface area contributed by atoms with Crippen molar-refractivity contribution in [2.24, 2.45) is 0 Å². The van der Waals surface area contributed by atoms with E-state index in [0.717, 1.165) is 30.2 Å². The lowest BCUT2D eigenvalue weighted by Gasteiger charge is -2.15. The first-order valence-electron chi connectivity index (χ1n) is 6.69. The molecule has 22 heavy (non-hydrogen) atoms. The first-order valence-corrected chi connectivity index (χ1v) is 7.84. The Morgan fingerprint density at radius 2 is 2.14 bits per heavy atom. The highest BCUT2D eigenvalue weighted by atomic mass is 35.5. The second-order valence-corrected chi connectivity index (χ2v) is 6.12. The molecule has 1 aliphatic rings. The number of ether oxygens (including phenoxy) is 1. The minimum atomic E-state index is -0.469. The van der Waals surface area contributed by atoms with E-state index in [-0.39, 0.29) is 12.5 Å². The van der Waals surface area contributed by atoms with Crippen molar-refractivity contribution in [2.75, 3.05) is 11.4 Å². The summed E-state index contributed by atoms with van der Waals surface area (Å²) in [7, 11) is 0. The van der Waals surface area contributed by atoms with Crippen LogP contribution in [0.3, 0.4) is 0 Å². The Balaban J connectivity index is 1.63. The Morgan fingerprint density at radius 3 is 2.73 bits per heavy atom. The standard InChI is InChI=1S/C14H12ClN3O3S/c15-13-11(16-17-22-13)8-21-14(20)9-3-5-10(6-4-9)18-7-1-2-12(18)19/h3-6H,1-2,7-8H2. The van der Waals surface area contributed by atoms with E-state index < -0.39 is 5.97 Å². The summed E-state index contributed by atoms with van der Waals surface area (Å²) < 4.78 is 9.22. The quantitative estimate of drug-likeness (QED) is 0.802. The molecule has 0 unspecified atom stereocenters. The van der Waals surface area contributed by atoms with Crippen molar-refractivity contribution in [3.63, 3.8) is 0 Å². The first kappa shape index (κ1) is 14.9. The van der Waals surface area contributed by atoms with Gasteiger partial charge in [0, 0.05) is 30.2 Å². The maximum atomic E-state index is 12.0. The van der Waals surface area contributed by atoms with Gasteiger partial charge in [-0.1, -0.05) is 16.1 Å². The number of benzene rings is 1. The molecule has 114 valence electrons. The van der Waals surface area contributed by atoms with Gasteiger partial charge in [-0.25, -0.2) is 4.79 Å². The molecular formula is C14H12ClN3O3S. The smallest absolute Gasteiger partial charge is 0.338 e. The summed E-state index contributed by atoms with van der Waals surface area (Å²) in [6, 6.07) is 6.78. The van der Waals surface area contributed by atoms with Crippen LogP contribution < -0.4 is 4.90 Å². The summed E-state index contributed by atoms with van der Waals surface area (Å²) in [4.78, 5) is 25.3. The van der Waals surface area contributed by atoms with Crippen LogP contribution in [0.5, 0.6) is 0 Å². The second-order valence-electron chi connectivity index (χ2n) is 4.77. The van der Waals surface area contributed by atoms with Gasteiger partial charge in [-0.05, 0) is 30.7 Å². The van der Waals surface area contributed by atoms with Crippen LogP contribution in [0, 0.1) is 0 Å². The lowest BCUT2D eigenvalue weighted by molar-refractivity contribution is -0.117. The maximum Gasteiger partial charge on any atom is 0.338 e. The molecule has 1 aromatic heterocycles. The topological polar surface area (TPSA) is 72.4 Å². The number of halogens is 1. The van der Waals surface area contributed by atoms with Crippen LogP contribution in [0.2, 0.25) is 4.34 Å². The third-order valence-electron chi connectivity index (χ3n) is 3.34. The lowest BCUT2D eigenvalue weighted by Crippen LogP contribution is -2.23. The second kappa shape index (κ2) is 6.41. The third-order valence-corrected chi connectivity index (χ3v) is 4.32. The molecule has 1 aromatic carbocycles. The molecular weight excluding hydrogens is 326 g/mol. The van der Waals surface area contributed by atoms with Gasteiger partial charge in [0.05, 0.1) is 5.56 Å².